The van der Waals surface area contributed by atoms with E-state index >= 15 is 0 Å². The Kier molecular flexibility index (Phi) is 3.58. The number of nitrogens with zero attached hydrogens (tertiary/aromatic N) is 2. The molecule has 3 N–H and O–H groups in total. The number of amides is 1. The molecule has 104 valence electrons. The summed E-state index contributed by atoms with van der Waals surface area (Å²) in [6.45, 7) is 1.17. The standard InChI is InChI=1S/C14H15BrN4O/c15-11-3-1-10(2-4-11)12-7-17-14(18-12)19-8-9(6-16)5-13(19)20/h1-4,7,9H,5-6,8,16H2,(H,17,18). The molecule has 0 aliphatic carbocycles. The largest absolute Gasteiger partial charge is 0.330 e. The second-order valence-electron chi connectivity index (χ2n) is 4.94. The van der Waals surface area contributed by atoms with Crippen molar-refractivity contribution in [2.45, 2.75) is 6.42 Å². The van der Waals surface area contributed by atoms with Crippen LogP contribution in [0.4, 0.5) is 5.95 Å². The van der Waals surface area contributed by atoms with Crippen LogP contribution in [0.5, 0.6) is 0 Å². The van der Waals surface area contributed by atoms with Crippen LogP contribution in [0.2, 0.25) is 0 Å². The Hall–Kier alpha value is -1.66. The first-order valence-corrected chi connectivity index (χ1v) is 7.28. The summed E-state index contributed by atoms with van der Waals surface area (Å²) in [5, 5.41) is 0. The van der Waals surface area contributed by atoms with E-state index in [2.05, 4.69) is 25.9 Å². The van der Waals surface area contributed by atoms with Crippen molar-refractivity contribution in [3.05, 3.63) is 34.9 Å². The second kappa shape index (κ2) is 5.38. The van der Waals surface area contributed by atoms with Gasteiger partial charge in [-0.05, 0) is 30.2 Å². The van der Waals surface area contributed by atoms with Gasteiger partial charge in [-0.1, -0.05) is 28.1 Å². The van der Waals surface area contributed by atoms with Gasteiger partial charge in [0, 0.05) is 17.4 Å². The number of nitrogens with two attached hydrogens (primary N) is 1. The molecule has 5 nitrogen and oxygen atoms in total. The maximum Gasteiger partial charge on any atom is 0.229 e. The number of H-pyrrole nitrogens is 1. The van der Waals surface area contributed by atoms with E-state index in [-0.39, 0.29) is 11.8 Å². The van der Waals surface area contributed by atoms with E-state index in [0.717, 1.165) is 15.7 Å². The van der Waals surface area contributed by atoms with Gasteiger partial charge in [-0.15, -0.1) is 0 Å². The first kappa shape index (κ1) is 13.3. The molecule has 1 unspecified atom stereocenters. The monoisotopic (exact) mass is 334 g/mol. The Balaban J connectivity index is 1.83. The van der Waals surface area contributed by atoms with Crippen molar-refractivity contribution in [1.29, 1.82) is 0 Å². The molecule has 1 atom stereocenters. The summed E-state index contributed by atoms with van der Waals surface area (Å²) >= 11 is 3.41. The molecule has 1 aromatic carbocycles. The molecule has 1 saturated heterocycles. The van der Waals surface area contributed by atoms with Crippen LogP contribution in [0.25, 0.3) is 11.3 Å². The highest BCUT2D eigenvalue weighted by atomic mass is 79.9. The average molecular weight is 335 g/mol. The molecule has 1 aliphatic rings. The molecule has 20 heavy (non-hydrogen) atoms. The number of carbonyl (C=O) groups excluding carboxylic acids is 1. The molecule has 0 bridgehead atoms. The Bertz CT molecular complexity index is 622. The highest BCUT2D eigenvalue weighted by Gasteiger charge is 2.31. The quantitative estimate of drug-likeness (QED) is 0.903. The van der Waals surface area contributed by atoms with E-state index in [9.17, 15) is 4.79 Å². The zero-order valence-corrected chi connectivity index (χ0v) is 12.4. The van der Waals surface area contributed by atoms with Crippen LogP contribution < -0.4 is 10.6 Å². The van der Waals surface area contributed by atoms with Crippen LogP contribution in [-0.4, -0.2) is 29.0 Å². The SMILES string of the molecule is NCC1CC(=O)N(c2ncc(-c3ccc(Br)cc3)[nH]2)C1. The summed E-state index contributed by atoms with van der Waals surface area (Å²) in [6.07, 6.45) is 2.26. The van der Waals surface area contributed by atoms with Gasteiger partial charge in [0.25, 0.3) is 0 Å². The third kappa shape index (κ3) is 2.48. The lowest BCUT2D eigenvalue weighted by Crippen LogP contribution is -2.26. The van der Waals surface area contributed by atoms with E-state index in [1.54, 1.807) is 11.1 Å². The maximum absolute atomic E-state index is 11.9. The first-order chi connectivity index (χ1) is 9.67. The van der Waals surface area contributed by atoms with E-state index in [0.29, 0.717) is 25.5 Å². The molecule has 2 aromatic rings. The van der Waals surface area contributed by atoms with Gasteiger partial charge in [0.05, 0.1) is 11.9 Å². The molecule has 0 spiro atoms. The van der Waals surface area contributed by atoms with Gasteiger partial charge in [0.15, 0.2) is 0 Å². The fourth-order valence-corrected chi connectivity index (χ4v) is 2.63. The Morgan fingerprint density at radius 1 is 1.40 bits per heavy atom. The van der Waals surface area contributed by atoms with E-state index in [4.69, 9.17) is 5.73 Å². The van der Waals surface area contributed by atoms with Crippen LogP contribution >= 0.6 is 15.9 Å². The third-order valence-corrected chi connectivity index (χ3v) is 4.04. The van der Waals surface area contributed by atoms with Gasteiger partial charge in [-0.2, -0.15) is 0 Å². The number of anilines is 1. The number of rotatable bonds is 3. The molecule has 1 aromatic heterocycles. The molecule has 1 fully saturated rings. The van der Waals surface area contributed by atoms with Gasteiger partial charge in [0.1, 0.15) is 0 Å². The predicted octanol–water partition coefficient (Wildman–Crippen LogP) is 2.15. The number of benzene rings is 1. The summed E-state index contributed by atoms with van der Waals surface area (Å²) in [5.74, 6) is 0.907. The molecule has 6 heteroatoms. The van der Waals surface area contributed by atoms with Crippen molar-refractivity contribution >= 4 is 27.8 Å². The lowest BCUT2D eigenvalue weighted by Gasteiger charge is -2.12. The first-order valence-electron chi connectivity index (χ1n) is 6.48. The molecule has 1 aliphatic heterocycles. The average Bonchev–Trinajstić information content (AvgIpc) is 3.06. The lowest BCUT2D eigenvalue weighted by atomic mass is 10.1. The molecular weight excluding hydrogens is 320 g/mol. The van der Waals surface area contributed by atoms with Crippen LogP contribution in [0, 0.1) is 5.92 Å². The van der Waals surface area contributed by atoms with Crippen LogP contribution in [0.15, 0.2) is 34.9 Å². The highest BCUT2D eigenvalue weighted by Crippen LogP contribution is 2.26. The number of imidazole rings is 1. The van der Waals surface area contributed by atoms with Crippen LogP contribution in [0.3, 0.4) is 0 Å². The van der Waals surface area contributed by atoms with Gasteiger partial charge >= 0.3 is 0 Å². The minimum Gasteiger partial charge on any atom is -0.330 e. The lowest BCUT2D eigenvalue weighted by molar-refractivity contribution is -0.117. The fraction of sp³-hybridized carbons (Fsp3) is 0.286. The zero-order chi connectivity index (χ0) is 14.1. The van der Waals surface area contributed by atoms with Crippen molar-refractivity contribution in [2.24, 2.45) is 11.7 Å². The Morgan fingerprint density at radius 2 is 2.15 bits per heavy atom. The summed E-state index contributed by atoms with van der Waals surface area (Å²) < 4.78 is 1.03. The Labute approximate surface area is 125 Å². The molecule has 2 heterocycles. The van der Waals surface area contributed by atoms with Crippen LogP contribution in [-0.2, 0) is 4.79 Å². The van der Waals surface area contributed by atoms with Crippen LogP contribution in [0.1, 0.15) is 6.42 Å². The summed E-state index contributed by atoms with van der Waals surface area (Å²) in [4.78, 5) is 21.1. The molecule has 0 saturated carbocycles. The van der Waals surface area contributed by atoms with Crippen molar-refractivity contribution in [3.63, 3.8) is 0 Å². The number of hydrogen-bond donors (Lipinski definition) is 2. The molecular formula is C14H15BrN4O. The fourth-order valence-electron chi connectivity index (χ4n) is 2.37. The number of hydrogen-bond acceptors (Lipinski definition) is 3. The number of aromatic amines is 1. The molecule has 0 radical (unpaired) electrons. The summed E-state index contributed by atoms with van der Waals surface area (Å²) in [6, 6.07) is 7.94. The second-order valence-corrected chi connectivity index (χ2v) is 5.85. The number of carbonyl (C=O) groups is 1. The third-order valence-electron chi connectivity index (χ3n) is 3.51. The van der Waals surface area contributed by atoms with Crippen molar-refractivity contribution < 1.29 is 4.79 Å². The zero-order valence-electron chi connectivity index (χ0n) is 10.8. The summed E-state index contributed by atoms with van der Waals surface area (Å²) in [5.41, 5.74) is 7.57. The number of halogens is 1. The number of nitrogens with one attached hydrogen (secondary N) is 1. The molecule has 3 rings (SSSR count). The maximum atomic E-state index is 11.9. The summed E-state index contributed by atoms with van der Waals surface area (Å²) in [7, 11) is 0. The highest BCUT2D eigenvalue weighted by molar-refractivity contribution is 9.10. The number of aromatic nitrogens is 2. The van der Waals surface area contributed by atoms with Crippen molar-refractivity contribution in [2.75, 3.05) is 18.0 Å². The van der Waals surface area contributed by atoms with Crippen molar-refractivity contribution in [1.82, 2.24) is 9.97 Å². The smallest absolute Gasteiger partial charge is 0.229 e. The van der Waals surface area contributed by atoms with Gasteiger partial charge in [0.2, 0.25) is 11.9 Å². The van der Waals surface area contributed by atoms with Gasteiger partial charge in [-0.25, -0.2) is 4.98 Å². The van der Waals surface area contributed by atoms with Gasteiger partial charge in [-0.3, -0.25) is 9.69 Å². The molecule has 1 amide bonds. The normalized spacial score (nSPS) is 18.8. The Morgan fingerprint density at radius 3 is 2.80 bits per heavy atom. The van der Waals surface area contributed by atoms with Crippen molar-refractivity contribution in [3.8, 4) is 11.3 Å². The predicted molar refractivity (Wildman–Crippen MR) is 81.2 cm³/mol. The minimum absolute atomic E-state index is 0.0807. The topological polar surface area (TPSA) is 75.0 Å². The van der Waals surface area contributed by atoms with E-state index in [1.165, 1.54) is 0 Å². The van der Waals surface area contributed by atoms with E-state index in [1.807, 2.05) is 24.3 Å². The van der Waals surface area contributed by atoms with Gasteiger partial charge < -0.3 is 10.7 Å². The minimum atomic E-state index is 0.0807. The van der Waals surface area contributed by atoms with E-state index < -0.39 is 0 Å².